The lowest BCUT2D eigenvalue weighted by Gasteiger charge is -2.28. The fourth-order valence-electron chi connectivity index (χ4n) is 3.68. The molecule has 1 amide bonds. The number of nitrogens with zero attached hydrogens (tertiary/aromatic N) is 3. The third-order valence-electron chi connectivity index (χ3n) is 5.49. The van der Waals surface area contributed by atoms with Crippen LogP contribution in [0.3, 0.4) is 0 Å². The molecule has 30 heavy (non-hydrogen) atoms. The summed E-state index contributed by atoms with van der Waals surface area (Å²) in [5, 5.41) is 0.759. The smallest absolute Gasteiger partial charge is 0.233 e. The fraction of sp³-hybridized carbons (Fsp3) is 0.545. The molecule has 0 saturated carbocycles. The standard InChI is InChI=1S/C22H31N3O3S2/c1-4-5-12-24(20-10-14-30(27,28)16-20)21(26)15-29-22-23-11-13-25(22)19-8-6-18(7-9-19)17(2)3/h6-9,11,13,17,20H,4-5,10,12,14-16H2,1-3H3. The van der Waals surface area contributed by atoms with Crippen LogP contribution in [0.4, 0.5) is 0 Å². The van der Waals surface area contributed by atoms with Gasteiger partial charge in [0.15, 0.2) is 15.0 Å². The van der Waals surface area contributed by atoms with Crippen molar-refractivity contribution in [2.24, 2.45) is 0 Å². The number of carbonyl (C=O) groups excluding carboxylic acids is 1. The van der Waals surface area contributed by atoms with Crippen molar-refractivity contribution in [2.45, 2.75) is 57.1 Å². The van der Waals surface area contributed by atoms with Gasteiger partial charge in [0.2, 0.25) is 5.91 Å². The summed E-state index contributed by atoms with van der Waals surface area (Å²) in [6, 6.07) is 8.18. The van der Waals surface area contributed by atoms with Gasteiger partial charge in [0, 0.05) is 30.7 Å². The topological polar surface area (TPSA) is 72.3 Å². The van der Waals surface area contributed by atoms with Crippen LogP contribution in [0.2, 0.25) is 0 Å². The molecule has 0 bridgehead atoms. The molecule has 1 aliphatic rings. The monoisotopic (exact) mass is 449 g/mol. The maximum atomic E-state index is 13.0. The summed E-state index contributed by atoms with van der Waals surface area (Å²) in [4.78, 5) is 19.2. The summed E-state index contributed by atoms with van der Waals surface area (Å²) < 4.78 is 25.8. The van der Waals surface area contributed by atoms with E-state index in [1.807, 2.05) is 10.8 Å². The van der Waals surface area contributed by atoms with Crippen molar-refractivity contribution >= 4 is 27.5 Å². The predicted molar refractivity (Wildman–Crippen MR) is 122 cm³/mol. The van der Waals surface area contributed by atoms with Crippen LogP contribution in [-0.2, 0) is 14.6 Å². The molecule has 3 rings (SSSR count). The van der Waals surface area contributed by atoms with Gasteiger partial charge in [-0.15, -0.1) is 0 Å². The third kappa shape index (κ3) is 5.66. The van der Waals surface area contributed by atoms with Gasteiger partial charge in [0.25, 0.3) is 0 Å². The van der Waals surface area contributed by atoms with Gasteiger partial charge < -0.3 is 4.90 Å². The number of thioether (sulfide) groups is 1. The molecule has 1 unspecified atom stereocenters. The number of benzene rings is 1. The van der Waals surface area contributed by atoms with Crippen molar-refractivity contribution in [3.05, 3.63) is 42.2 Å². The first-order valence-electron chi connectivity index (χ1n) is 10.6. The predicted octanol–water partition coefficient (Wildman–Crippen LogP) is 3.90. The Kier molecular flexibility index (Phi) is 7.63. The number of hydrogen-bond acceptors (Lipinski definition) is 5. The highest BCUT2D eigenvalue weighted by atomic mass is 32.2. The molecule has 1 aromatic heterocycles. The highest BCUT2D eigenvalue weighted by Gasteiger charge is 2.34. The lowest BCUT2D eigenvalue weighted by Crippen LogP contribution is -2.42. The van der Waals surface area contributed by atoms with E-state index < -0.39 is 9.84 Å². The van der Waals surface area contributed by atoms with Crippen LogP contribution in [0, 0.1) is 0 Å². The van der Waals surface area contributed by atoms with Crippen LogP contribution in [0.15, 0.2) is 41.8 Å². The molecule has 1 fully saturated rings. The van der Waals surface area contributed by atoms with Gasteiger partial charge in [-0.05, 0) is 36.5 Å². The number of rotatable bonds is 9. The van der Waals surface area contributed by atoms with Crippen LogP contribution in [0.5, 0.6) is 0 Å². The number of hydrogen-bond donors (Lipinski definition) is 0. The molecule has 0 aliphatic carbocycles. The molecule has 1 aliphatic heterocycles. The van der Waals surface area contributed by atoms with E-state index >= 15 is 0 Å². The average molecular weight is 450 g/mol. The van der Waals surface area contributed by atoms with Crippen molar-refractivity contribution in [1.29, 1.82) is 0 Å². The third-order valence-corrected chi connectivity index (χ3v) is 8.19. The molecular formula is C22H31N3O3S2. The molecule has 0 N–H and O–H groups in total. The van der Waals surface area contributed by atoms with E-state index in [1.54, 1.807) is 11.1 Å². The normalized spacial score (nSPS) is 18.1. The largest absolute Gasteiger partial charge is 0.338 e. The highest BCUT2D eigenvalue weighted by molar-refractivity contribution is 7.99. The Balaban J connectivity index is 1.68. The molecule has 6 nitrogen and oxygen atoms in total. The van der Waals surface area contributed by atoms with E-state index in [-0.39, 0.29) is 29.2 Å². The van der Waals surface area contributed by atoms with Crippen molar-refractivity contribution in [3.8, 4) is 5.69 Å². The van der Waals surface area contributed by atoms with E-state index in [4.69, 9.17) is 0 Å². The van der Waals surface area contributed by atoms with E-state index in [0.717, 1.165) is 23.7 Å². The van der Waals surface area contributed by atoms with Crippen molar-refractivity contribution in [2.75, 3.05) is 23.8 Å². The number of amides is 1. The molecule has 0 spiro atoms. The fourth-order valence-corrected chi connectivity index (χ4v) is 6.27. The zero-order valence-electron chi connectivity index (χ0n) is 18.0. The second kappa shape index (κ2) is 10.0. The van der Waals surface area contributed by atoms with Crippen LogP contribution in [0.25, 0.3) is 5.69 Å². The maximum Gasteiger partial charge on any atom is 0.233 e. The number of sulfone groups is 1. The van der Waals surface area contributed by atoms with Gasteiger partial charge in [-0.25, -0.2) is 13.4 Å². The molecule has 164 valence electrons. The number of carbonyl (C=O) groups is 1. The molecule has 1 saturated heterocycles. The molecule has 2 heterocycles. The Bertz CT molecular complexity index is 952. The lowest BCUT2D eigenvalue weighted by molar-refractivity contribution is -0.130. The average Bonchev–Trinajstić information content (AvgIpc) is 3.32. The SMILES string of the molecule is CCCCN(C(=O)CSc1nccn1-c1ccc(C(C)C)cc1)C1CCS(=O)(=O)C1. The maximum absolute atomic E-state index is 13.0. The number of aromatic nitrogens is 2. The molecule has 0 radical (unpaired) electrons. The highest BCUT2D eigenvalue weighted by Crippen LogP contribution is 2.24. The molecular weight excluding hydrogens is 418 g/mol. The first-order valence-corrected chi connectivity index (χ1v) is 13.4. The van der Waals surface area contributed by atoms with Crippen LogP contribution in [-0.4, -0.2) is 58.6 Å². The first-order chi connectivity index (χ1) is 14.3. The summed E-state index contributed by atoms with van der Waals surface area (Å²) in [5.74, 6) is 0.977. The summed E-state index contributed by atoms with van der Waals surface area (Å²) in [7, 11) is -3.03. The molecule has 8 heteroatoms. The summed E-state index contributed by atoms with van der Waals surface area (Å²) in [6.07, 6.45) is 6.02. The Hall–Kier alpha value is -1.80. The van der Waals surface area contributed by atoms with Crippen LogP contribution in [0.1, 0.15) is 51.5 Å². The summed E-state index contributed by atoms with van der Waals surface area (Å²) in [5.41, 5.74) is 2.29. The zero-order chi connectivity index (χ0) is 21.7. The van der Waals surface area contributed by atoms with Crippen molar-refractivity contribution in [1.82, 2.24) is 14.5 Å². The zero-order valence-corrected chi connectivity index (χ0v) is 19.6. The lowest BCUT2D eigenvalue weighted by atomic mass is 10.0. The van der Waals surface area contributed by atoms with E-state index in [1.165, 1.54) is 17.3 Å². The minimum Gasteiger partial charge on any atom is -0.338 e. The van der Waals surface area contributed by atoms with E-state index in [9.17, 15) is 13.2 Å². The quantitative estimate of drug-likeness (QED) is 0.543. The van der Waals surface area contributed by atoms with Crippen LogP contribution >= 0.6 is 11.8 Å². The minimum atomic E-state index is -3.03. The molecule has 1 aromatic carbocycles. The Morgan fingerprint density at radius 3 is 2.63 bits per heavy atom. The Morgan fingerprint density at radius 1 is 1.30 bits per heavy atom. The second-order valence-corrected chi connectivity index (χ2v) is 11.3. The molecule has 2 aromatic rings. The number of unbranched alkanes of at least 4 members (excludes halogenated alkanes) is 1. The first kappa shape index (κ1) is 22.9. The van der Waals surface area contributed by atoms with E-state index in [2.05, 4.69) is 50.0 Å². The van der Waals surface area contributed by atoms with Crippen LogP contribution < -0.4 is 0 Å². The number of imidazole rings is 1. The summed E-state index contributed by atoms with van der Waals surface area (Å²) >= 11 is 1.40. The van der Waals surface area contributed by atoms with Crippen molar-refractivity contribution in [3.63, 3.8) is 0 Å². The summed E-state index contributed by atoms with van der Waals surface area (Å²) in [6.45, 7) is 7.02. The van der Waals surface area contributed by atoms with Gasteiger partial charge in [-0.3, -0.25) is 9.36 Å². The second-order valence-electron chi connectivity index (χ2n) is 8.11. The molecule has 1 atom stereocenters. The van der Waals surface area contributed by atoms with Gasteiger partial charge in [-0.1, -0.05) is 51.1 Å². The van der Waals surface area contributed by atoms with Gasteiger partial charge >= 0.3 is 0 Å². The van der Waals surface area contributed by atoms with Crippen molar-refractivity contribution < 1.29 is 13.2 Å². The van der Waals surface area contributed by atoms with E-state index in [0.29, 0.717) is 18.9 Å². The van der Waals surface area contributed by atoms with Gasteiger partial charge in [0.05, 0.1) is 17.3 Å². The van der Waals surface area contributed by atoms with Gasteiger partial charge in [0.1, 0.15) is 0 Å². The Labute approximate surface area is 184 Å². The minimum absolute atomic E-state index is 0.0137. The Morgan fingerprint density at radius 2 is 2.03 bits per heavy atom. The van der Waals surface area contributed by atoms with Gasteiger partial charge in [-0.2, -0.15) is 0 Å².